The van der Waals surface area contributed by atoms with Gasteiger partial charge >= 0.3 is 0 Å². The number of hydrogen-bond acceptors (Lipinski definition) is 4. The van der Waals surface area contributed by atoms with Crippen molar-refractivity contribution in [2.75, 3.05) is 26.0 Å². The number of likely N-dealkylation sites (N-methyl/N-ethyl adjacent to an activating group) is 1. The van der Waals surface area contributed by atoms with Gasteiger partial charge in [-0.1, -0.05) is 18.2 Å². The minimum absolute atomic E-state index is 0.251. The van der Waals surface area contributed by atoms with E-state index in [4.69, 9.17) is 0 Å². The molecule has 1 N–H and O–H groups in total. The number of hydrogen-bond donors (Lipinski definition) is 1. The number of anilines is 1. The predicted molar refractivity (Wildman–Crippen MR) is 90.5 cm³/mol. The number of carbonyl (C=O) groups is 1. The predicted octanol–water partition coefficient (Wildman–Crippen LogP) is 2.25. The Labute approximate surface area is 134 Å². The van der Waals surface area contributed by atoms with Crippen molar-refractivity contribution in [3.8, 4) is 0 Å². The molecular weight excluding hydrogens is 290 g/mol. The summed E-state index contributed by atoms with van der Waals surface area (Å²) in [5, 5.41) is 2.80. The summed E-state index contributed by atoms with van der Waals surface area (Å²) >= 11 is 0. The highest BCUT2D eigenvalue weighted by atomic mass is 16.2. The number of benzene rings is 1. The molecule has 2 heterocycles. The maximum Gasteiger partial charge on any atom is 0.292 e. The third kappa shape index (κ3) is 3.37. The van der Waals surface area contributed by atoms with E-state index in [9.17, 15) is 4.79 Å². The lowest BCUT2D eigenvalue weighted by Crippen LogP contribution is -2.23. The molecule has 6 nitrogen and oxygen atoms in total. The molecule has 118 valence electrons. The highest BCUT2D eigenvalue weighted by molar-refractivity contribution is 6.03. The highest BCUT2D eigenvalue weighted by Gasteiger charge is 2.17. The van der Waals surface area contributed by atoms with Crippen LogP contribution in [-0.2, 0) is 6.54 Å². The topological polar surface area (TPSA) is 63.1 Å². The Morgan fingerprint density at radius 3 is 2.70 bits per heavy atom. The molecular formula is C17H19N5O. The Morgan fingerprint density at radius 1 is 1.17 bits per heavy atom. The van der Waals surface area contributed by atoms with E-state index >= 15 is 0 Å². The van der Waals surface area contributed by atoms with Gasteiger partial charge in [0.05, 0.1) is 11.0 Å². The molecule has 1 aromatic carbocycles. The monoisotopic (exact) mass is 309 g/mol. The molecule has 0 fully saturated rings. The third-order valence-electron chi connectivity index (χ3n) is 3.53. The molecule has 0 aliphatic heterocycles. The summed E-state index contributed by atoms with van der Waals surface area (Å²) in [5.41, 5.74) is 1.78. The van der Waals surface area contributed by atoms with E-state index in [1.54, 1.807) is 12.3 Å². The number of fused-ring (bicyclic) bond motifs is 1. The summed E-state index contributed by atoms with van der Waals surface area (Å²) in [6.45, 7) is 1.52. The minimum Gasteiger partial charge on any atom is -0.319 e. The highest BCUT2D eigenvalue weighted by Crippen LogP contribution is 2.17. The van der Waals surface area contributed by atoms with E-state index in [2.05, 4.69) is 20.2 Å². The van der Waals surface area contributed by atoms with Crippen LogP contribution in [0.2, 0.25) is 0 Å². The van der Waals surface area contributed by atoms with E-state index in [0.29, 0.717) is 18.2 Å². The average molecular weight is 309 g/mol. The minimum atomic E-state index is -0.251. The van der Waals surface area contributed by atoms with Crippen LogP contribution in [0.1, 0.15) is 10.6 Å². The second-order valence-electron chi connectivity index (χ2n) is 5.55. The van der Waals surface area contributed by atoms with Crippen molar-refractivity contribution in [1.29, 1.82) is 0 Å². The average Bonchev–Trinajstić information content (AvgIpc) is 2.92. The first-order valence-electron chi connectivity index (χ1n) is 7.47. The molecule has 0 radical (unpaired) electrons. The quantitative estimate of drug-likeness (QED) is 0.785. The third-order valence-corrected chi connectivity index (χ3v) is 3.53. The first kappa shape index (κ1) is 15.2. The van der Waals surface area contributed by atoms with Gasteiger partial charge in [-0.15, -0.1) is 0 Å². The summed E-state index contributed by atoms with van der Waals surface area (Å²) in [6.07, 6.45) is 1.64. The van der Waals surface area contributed by atoms with Crippen LogP contribution in [0.15, 0.2) is 48.7 Å². The second-order valence-corrected chi connectivity index (χ2v) is 5.55. The number of carbonyl (C=O) groups excluding carboxylic acids is 1. The lowest BCUT2D eigenvalue weighted by atomic mass is 10.3. The van der Waals surface area contributed by atoms with Gasteiger partial charge < -0.3 is 14.8 Å². The molecule has 0 atom stereocenters. The number of aromatic nitrogens is 3. The van der Waals surface area contributed by atoms with Gasteiger partial charge in [0.2, 0.25) is 0 Å². The number of nitrogens with zero attached hydrogens (tertiary/aromatic N) is 4. The maximum atomic E-state index is 12.6. The fourth-order valence-corrected chi connectivity index (χ4v) is 2.38. The molecule has 0 aliphatic rings. The van der Waals surface area contributed by atoms with Crippen molar-refractivity contribution in [2.24, 2.45) is 0 Å². The van der Waals surface area contributed by atoms with Gasteiger partial charge in [-0.25, -0.2) is 9.97 Å². The molecule has 0 aliphatic carbocycles. The first-order chi connectivity index (χ1) is 11.1. The van der Waals surface area contributed by atoms with E-state index in [1.165, 1.54) is 0 Å². The van der Waals surface area contributed by atoms with Gasteiger partial charge in [0, 0.05) is 19.3 Å². The van der Waals surface area contributed by atoms with E-state index in [1.807, 2.05) is 55.1 Å². The van der Waals surface area contributed by atoms with Crippen LogP contribution in [0.25, 0.3) is 11.0 Å². The standard InChI is InChI=1S/C17H19N5O/c1-21(2)11-12-22-14-8-4-3-7-13(14)19-16(22)17(23)20-15-9-5-6-10-18-15/h3-10H,11-12H2,1-2H3,(H,18,20,23). The molecule has 0 unspecified atom stereocenters. The lowest BCUT2D eigenvalue weighted by molar-refractivity contribution is 0.101. The Hall–Kier alpha value is -2.73. The Morgan fingerprint density at radius 2 is 1.96 bits per heavy atom. The molecule has 0 bridgehead atoms. The summed E-state index contributed by atoms with van der Waals surface area (Å²) < 4.78 is 1.95. The number of para-hydroxylation sites is 2. The number of rotatable bonds is 5. The molecule has 23 heavy (non-hydrogen) atoms. The lowest BCUT2D eigenvalue weighted by Gasteiger charge is -2.13. The SMILES string of the molecule is CN(C)CCn1c(C(=O)Nc2ccccn2)nc2ccccc21. The van der Waals surface area contributed by atoms with E-state index in [0.717, 1.165) is 17.6 Å². The van der Waals surface area contributed by atoms with Crippen molar-refractivity contribution >= 4 is 22.8 Å². The number of pyridine rings is 1. The summed E-state index contributed by atoms with van der Waals surface area (Å²) in [6, 6.07) is 13.2. The van der Waals surface area contributed by atoms with Crippen LogP contribution in [0.5, 0.6) is 0 Å². The molecule has 3 rings (SSSR count). The first-order valence-corrected chi connectivity index (χ1v) is 7.47. The molecule has 0 saturated carbocycles. The molecule has 2 aromatic heterocycles. The Kier molecular flexibility index (Phi) is 4.34. The van der Waals surface area contributed by atoms with Crippen molar-refractivity contribution in [1.82, 2.24) is 19.4 Å². The number of amides is 1. The van der Waals surface area contributed by atoms with Gasteiger partial charge in [-0.05, 0) is 38.4 Å². The Balaban J connectivity index is 1.95. The van der Waals surface area contributed by atoms with Crippen LogP contribution in [0, 0.1) is 0 Å². The molecule has 6 heteroatoms. The van der Waals surface area contributed by atoms with Crippen molar-refractivity contribution in [3.63, 3.8) is 0 Å². The van der Waals surface area contributed by atoms with Crippen LogP contribution in [-0.4, -0.2) is 46.0 Å². The summed E-state index contributed by atoms with van der Waals surface area (Å²) in [5.74, 6) is 0.668. The molecule has 0 saturated heterocycles. The molecule has 3 aromatic rings. The van der Waals surface area contributed by atoms with Crippen LogP contribution >= 0.6 is 0 Å². The normalized spacial score (nSPS) is 11.1. The second kappa shape index (κ2) is 6.58. The van der Waals surface area contributed by atoms with E-state index < -0.39 is 0 Å². The van der Waals surface area contributed by atoms with Crippen LogP contribution < -0.4 is 5.32 Å². The largest absolute Gasteiger partial charge is 0.319 e. The van der Waals surface area contributed by atoms with Crippen LogP contribution in [0.3, 0.4) is 0 Å². The fourth-order valence-electron chi connectivity index (χ4n) is 2.38. The van der Waals surface area contributed by atoms with Gasteiger partial charge in [0.15, 0.2) is 5.82 Å². The number of nitrogens with one attached hydrogen (secondary N) is 1. The van der Waals surface area contributed by atoms with Gasteiger partial charge in [0.1, 0.15) is 5.82 Å². The summed E-state index contributed by atoms with van der Waals surface area (Å²) in [4.78, 5) is 23.3. The van der Waals surface area contributed by atoms with Crippen molar-refractivity contribution < 1.29 is 4.79 Å². The van der Waals surface area contributed by atoms with Crippen molar-refractivity contribution in [2.45, 2.75) is 6.54 Å². The zero-order valence-electron chi connectivity index (χ0n) is 13.2. The summed E-state index contributed by atoms with van der Waals surface area (Å²) in [7, 11) is 4.01. The van der Waals surface area contributed by atoms with Gasteiger partial charge in [0.25, 0.3) is 5.91 Å². The zero-order chi connectivity index (χ0) is 16.2. The van der Waals surface area contributed by atoms with Gasteiger partial charge in [-0.2, -0.15) is 0 Å². The van der Waals surface area contributed by atoms with E-state index in [-0.39, 0.29) is 5.91 Å². The molecule has 1 amide bonds. The Bertz CT molecular complexity index is 810. The van der Waals surface area contributed by atoms with Gasteiger partial charge in [-0.3, -0.25) is 4.79 Å². The maximum absolute atomic E-state index is 12.6. The molecule has 0 spiro atoms. The van der Waals surface area contributed by atoms with Crippen molar-refractivity contribution in [3.05, 3.63) is 54.5 Å². The smallest absolute Gasteiger partial charge is 0.292 e. The van der Waals surface area contributed by atoms with Crippen LogP contribution in [0.4, 0.5) is 5.82 Å². The zero-order valence-corrected chi connectivity index (χ0v) is 13.2. The fraction of sp³-hybridized carbons (Fsp3) is 0.235. The number of imidazole rings is 1.